The first-order valence-electron chi connectivity index (χ1n) is 6.49. The lowest BCUT2D eigenvalue weighted by Crippen LogP contribution is -2.04. The van der Waals surface area contributed by atoms with Gasteiger partial charge in [-0.05, 0) is 50.7 Å². The Kier molecular flexibility index (Phi) is 11.7. The molecule has 0 aromatic heterocycles. The topological polar surface area (TPSA) is 20.2 Å². The van der Waals surface area contributed by atoms with Crippen molar-refractivity contribution in [2.75, 3.05) is 0 Å². The van der Waals surface area contributed by atoms with E-state index in [1.165, 1.54) is 19.3 Å². The molecular weight excluding hydrogens is 196 g/mol. The van der Waals surface area contributed by atoms with Crippen LogP contribution in [-0.2, 0) is 0 Å². The average molecular weight is 222 g/mol. The lowest BCUT2D eigenvalue weighted by molar-refractivity contribution is 0.157. The third-order valence-electron chi connectivity index (χ3n) is 2.54. The van der Waals surface area contributed by atoms with E-state index < -0.39 is 0 Å². The van der Waals surface area contributed by atoms with E-state index in [4.69, 9.17) is 0 Å². The second-order valence-electron chi connectivity index (χ2n) is 4.17. The first-order valence-corrected chi connectivity index (χ1v) is 6.49. The van der Waals surface area contributed by atoms with Crippen LogP contribution in [-0.4, -0.2) is 11.2 Å². The smallest absolute Gasteiger partial charge is 0.0546 e. The van der Waals surface area contributed by atoms with E-state index in [0.29, 0.717) is 0 Å². The van der Waals surface area contributed by atoms with Crippen LogP contribution < -0.4 is 0 Å². The summed E-state index contributed by atoms with van der Waals surface area (Å²) in [5.41, 5.74) is 3.17. The van der Waals surface area contributed by atoms with Gasteiger partial charge in [-0.25, -0.2) is 0 Å². The highest BCUT2D eigenvalue weighted by Gasteiger charge is 1.99. The third-order valence-corrected chi connectivity index (χ3v) is 2.54. The number of unbranched alkanes of at least 4 members (excludes halogenated alkanes) is 3. The Morgan fingerprint density at radius 2 is 1.81 bits per heavy atom. The molecule has 0 aliphatic rings. The molecule has 0 aliphatic heterocycles. The molecule has 0 aromatic rings. The van der Waals surface area contributed by atoms with Gasteiger partial charge in [0.2, 0.25) is 0 Å². The third kappa shape index (κ3) is 11.3. The monoisotopic (exact) mass is 222 g/mol. The van der Waals surface area contributed by atoms with E-state index in [1.54, 1.807) is 0 Å². The number of hydrogen-bond donors (Lipinski definition) is 1. The zero-order valence-electron chi connectivity index (χ0n) is 10.6. The van der Waals surface area contributed by atoms with Gasteiger partial charge in [-0.3, -0.25) is 0 Å². The molecule has 16 heavy (non-hydrogen) atoms. The molecule has 0 aromatic carbocycles. The van der Waals surface area contributed by atoms with E-state index in [9.17, 15) is 5.11 Å². The summed E-state index contributed by atoms with van der Waals surface area (Å²) in [6.07, 6.45) is 14.3. The number of allylic oxidation sites excluding steroid dienone is 2. The van der Waals surface area contributed by atoms with Gasteiger partial charge in [0.15, 0.2) is 0 Å². The molecule has 0 amide bonds. The van der Waals surface area contributed by atoms with Crippen molar-refractivity contribution in [2.45, 2.75) is 64.4 Å². The Labute approximate surface area is 101 Å². The Bertz CT molecular complexity index is 211. The van der Waals surface area contributed by atoms with Crippen LogP contribution in [0, 0.1) is 0 Å². The van der Waals surface area contributed by atoms with Gasteiger partial charge in [0.25, 0.3) is 0 Å². The highest BCUT2D eigenvalue weighted by molar-refractivity contribution is 4.85. The number of aliphatic hydroxyl groups excluding tert-OH is 1. The van der Waals surface area contributed by atoms with Crippen molar-refractivity contribution >= 4 is 0 Å². The molecule has 1 atom stereocenters. The first-order chi connectivity index (χ1) is 7.81. The molecular formula is C15H26O. The normalized spacial score (nSPS) is 11.6. The van der Waals surface area contributed by atoms with Crippen molar-refractivity contribution in [3.05, 3.63) is 30.5 Å². The van der Waals surface area contributed by atoms with Crippen molar-refractivity contribution in [3.63, 3.8) is 0 Å². The maximum absolute atomic E-state index is 9.55. The van der Waals surface area contributed by atoms with Gasteiger partial charge in [-0.1, -0.05) is 25.8 Å². The molecule has 0 fully saturated rings. The second-order valence-corrected chi connectivity index (χ2v) is 4.17. The zero-order valence-corrected chi connectivity index (χ0v) is 10.6. The Morgan fingerprint density at radius 3 is 2.50 bits per heavy atom. The quantitative estimate of drug-likeness (QED) is 0.330. The summed E-state index contributed by atoms with van der Waals surface area (Å²) in [6, 6.07) is 0. The van der Waals surface area contributed by atoms with Crippen LogP contribution in [0.25, 0.3) is 0 Å². The van der Waals surface area contributed by atoms with Crippen molar-refractivity contribution < 1.29 is 5.11 Å². The minimum atomic E-state index is -0.184. The van der Waals surface area contributed by atoms with Gasteiger partial charge in [0.1, 0.15) is 0 Å². The highest BCUT2D eigenvalue weighted by atomic mass is 16.3. The SMILES string of the molecule is C=CCC[C@@H](O)CCC=C=CCCCCC. The Balaban J connectivity index is 3.41. The lowest BCUT2D eigenvalue weighted by Gasteiger charge is -2.05. The minimum absolute atomic E-state index is 0.184. The molecule has 0 saturated carbocycles. The van der Waals surface area contributed by atoms with Gasteiger partial charge < -0.3 is 5.11 Å². The van der Waals surface area contributed by atoms with E-state index in [-0.39, 0.29) is 6.10 Å². The van der Waals surface area contributed by atoms with Gasteiger partial charge in [0, 0.05) is 0 Å². The fraction of sp³-hybridized carbons (Fsp3) is 0.667. The van der Waals surface area contributed by atoms with E-state index in [0.717, 1.165) is 32.1 Å². The maximum Gasteiger partial charge on any atom is 0.0546 e. The summed E-state index contributed by atoms with van der Waals surface area (Å²) < 4.78 is 0. The molecule has 0 saturated heterocycles. The van der Waals surface area contributed by atoms with Crippen LogP contribution in [0.15, 0.2) is 30.5 Å². The van der Waals surface area contributed by atoms with Crippen molar-refractivity contribution in [1.82, 2.24) is 0 Å². The molecule has 1 nitrogen and oxygen atoms in total. The van der Waals surface area contributed by atoms with Crippen LogP contribution in [0.4, 0.5) is 0 Å². The Morgan fingerprint density at radius 1 is 1.12 bits per heavy atom. The molecule has 1 heteroatoms. The molecule has 1 N–H and O–H groups in total. The van der Waals surface area contributed by atoms with Crippen LogP contribution in [0.1, 0.15) is 58.3 Å². The number of rotatable bonds is 10. The summed E-state index contributed by atoms with van der Waals surface area (Å²) in [4.78, 5) is 0. The maximum atomic E-state index is 9.55. The van der Waals surface area contributed by atoms with Crippen LogP contribution in [0.2, 0.25) is 0 Å². The molecule has 0 rings (SSSR count). The standard InChI is InChI=1S/C15H26O/c1-3-5-7-8-9-10-11-12-14-15(16)13-6-4-2/h4,9,11,15-16H,2-3,5-8,12-14H2,1H3/t10?,15-/m1/s1. The molecule has 0 bridgehead atoms. The molecule has 0 spiro atoms. The molecule has 0 aliphatic carbocycles. The highest BCUT2D eigenvalue weighted by Crippen LogP contribution is 2.05. The predicted molar refractivity (Wildman–Crippen MR) is 71.5 cm³/mol. The van der Waals surface area contributed by atoms with Crippen LogP contribution in [0.3, 0.4) is 0 Å². The van der Waals surface area contributed by atoms with Crippen LogP contribution >= 0.6 is 0 Å². The van der Waals surface area contributed by atoms with Crippen molar-refractivity contribution in [1.29, 1.82) is 0 Å². The van der Waals surface area contributed by atoms with Crippen molar-refractivity contribution in [2.24, 2.45) is 0 Å². The average Bonchev–Trinajstić information content (AvgIpc) is 2.30. The molecule has 0 heterocycles. The largest absolute Gasteiger partial charge is 0.393 e. The molecule has 92 valence electrons. The Hall–Kier alpha value is -0.780. The first kappa shape index (κ1) is 15.2. The van der Waals surface area contributed by atoms with E-state index in [2.05, 4.69) is 25.3 Å². The van der Waals surface area contributed by atoms with E-state index >= 15 is 0 Å². The number of aliphatic hydroxyl groups is 1. The number of hydrogen-bond acceptors (Lipinski definition) is 1. The summed E-state index contributed by atoms with van der Waals surface area (Å²) in [5.74, 6) is 0. The van der Waals surface area contributed by atoms with Gasteiger partial charge in [-0.15, -0.1) is 12.3 Å². The second kappa shape index (κ2) is 12.3. The van der Waals surface area contributed by atoms with Crippen LogP contribution in [0.5, 0.6) is 0 Å². The zero-order chi connectivity index (χ0) is 12.1. The van der Waals surface area contributed by atoms with Gasteiger partial charge in [0.05, 0.1) is 6.10 Å². The van der Waals surface area contributed by atoms with Gasteiger partial charge in [-0.2, -0.15) is 0 Å². The summed E-state index contributed by atoms with van der Waals surface area (Å²) in [6.45, 7) is 5.85. The van der Waals surface area contributed by atoms with Crippen molar-refractivity contribution in [3.8, 4) is 0 Å². The molecule has 0 radical (unpaired) electrons. The summed E-state index contributed by atoms with van der Waals surface area (Å²) in [5, 5.41) is 9.55. The lowest BCUT2D eigenvalue weighted by atomic mass is 10.1. The molecule has 0 unspecified atom stereocenters. The fourth-order valence-corrected chi connectivity index (χ4v) is 1.48. The predicted octanol–water partition coefficient (Wildman–Crippen LogP) is 4.39. The summed E-state index contributed by atoms with van der Waals surface area (Å²) >= 11 is 0. The fourth-order valence-electron chi connectivity index (χ4n) is 1.48. The van der Waals surface area contributed by atoms with E-state index in [1.807, 2.05) is 12.2 Å². The minimum Gasteiger partial charge on any atom is -0.393 e. The van der Waals surface area contributed by atoms with Gasteiger partial charge >= 0.3 is 0 Å². The summed E-state index contributed by atoms with van der Waals surface area (Å²) in [7, 11) is 0.